The van der Waals surface area contributed by atoms with Crippen LogP contribution in [-0.4, -0.2) is 31.0 Å². The topological polar surface area (TPSA) is 47.9 Å². The predicted molar refractivity (Wildman–Crippen MR) is 113 cm³/mol. The first kappa shape index (κ1) is 21.2. The van der Waals surface area contributed by atoms with Crippen molar-refractivity contribution < 1.29 is 19.6 Å². The van der Waals surface area contributed by atoms with Gasteiger partial charge in [0.2, 0.25) is 0 Å². The maximum absolute atomic E-state index is 9.55. The number of ether oxygens (including phenoxy) is 1. The number of benzene rings is 3. The van der Waals surface area contributed by atoms with Gasteiger partial charge >= 0.3 is 0 Å². The second-order valence-electron chi connectivity index (χ2n) is 6.80. The van der Waals surface area contributed by atoms with E-state index in [1.807, 2.05) is 61.5 Å². The molecule has 0 spiro atoms. The van der Waals surface area contributed by atoms with Crippen LogP contribution in [0.4, 0.5) is 0 Å². The Morgan fingerprint density at radius 3 is 1.55 bits per heavy atom. The van der Waals surface area contributed by atoms with Crippen molar-refractivity contribution in [3.05, 3.63) is 108 Å². The van der Waals surface area contributed by atoms with E-state index in [0.717, 1.165) is 16.7 Å². The summed E-state index contributed by atoms with van der Waals surface area (Å²) in [5.74, 6) is 0. The molecule has 29 heavy (non-hydrogen) atoms. The number of aliphatic hydroxyl groups excluding tert-OH is 1. The molecule has 0 aliphatic carbocycles. The van der Waals surface area contributed by atoms with Gasteiger partial charge in [0.1, 0.15) is 18.8 Å². The summed E-state index contributed by atoms with van der Waals surface area (Å²) in [6.07, 6.45) is 0.104. The lowest BCUT2D eigenvalue weighted by molar-refractivity contribution is -0.311. The highest BCUT2D eigenvalue weighted by Gasteiger charge is 2.37. The van der Waals surface area contributed by atoms with Gasteiger partial charge in [0.25, 0.3) is 0 Å². The van der Waals surface area contributed by atoms with Crippen molar-refractivity contribution >= 4 is 0 Å². The van der Waals surface area contributed by atoms with Crippen LogP contribution in [0.25, 0.3) is 0 Å². The summed E-state index contributed by atoms with van der Waals surface area (Å²) in [7, 11) is 0. The van der Waals surface area contributed by atoms with Crippen molar-refractivity contribution in [1.29, 1.82) is 0 Å². The van der Waals surface area contributed by atoms with E-state index in [1.54, 1.807) is 0 Å². The van der Waals surface area contributed by atoms with Crippen molar-refractivity contribution in [3.63, 3.8) is 0 Å². The molecule has 1 atom stereocenters. The van der Waals surface area contributed by atoms with Crippen LogP contribution in [0.5, 0.6) is 0 Å². The van der Waals surface area contributed by atoms with Crippen LogP contribution < -0.4 is 0 Å². The number of aliphatic hydroxyl groups is 1. The summed E-state index contributed by atoms with van der Waals surface area (Å²) in [6, 6.07) is 30.6. The fourth-order valence-corrected chi connectivity index (χ4v) is 3.30. The molecule has 0 bridgehead atoms. The molecule has 0 amide bonds. The zero-order chi connectivity index (χ0) is 20.4. The molecule has 1 N–H and O–H groups in total. The van der Waals surface area contributed by atoms with E-state index in [1.165, 1.54) is 0 Å². The minimum absolute atomic E-state index is 0.150. The average Bonchev–Trinajstić information content (AvgIpc) is 2.80. The molecule has 3 rings (SSSR count). The van der Waals surface area contributed by atoms with Gasteiger partial charge in [-0.3, -0.25) is 0 Å². The molecular weight excluding hydrogens is 364 g/mol. The Hall–Kier alpha value is -2.50. The molecule has 0 heterocycles. The quantitative estimate of drug-likeness (QED) is 0.222. The molecule has 0 aliphatic heterocycles. The number of hydrogen-bond acceptors (Lipinski definition) is 4. The van der Waals surface area contributed by atoms with Crippen LogP contribution in [0.1, 0.15) is 30.0 Å². The molecule has 0 saturated heterocycles. The first-order valence-corrected chi connectivity index (χ1v) is 10.0. The van der Waals surface area contributed by atoms with Crippen LogP contribution in [-0.2, 0) is 20.1 Å². The Labute approximate surface area is 172 Å². The van der Waals surface area contributed by atoms with Gasteiger partial charge in [0.05, 0.1) is 12.7 Å². The molecule has 3 aromatic carbocycles. The third-order valence-electron chi connectivity index (χ3n) is 4.84. The Kier molecular flexibility index (Phi) is 7.96. The lowest BCUT2D eigenvalue weighted by atomic mass is 9.80. The molecule has 1 unspecified atom stereocenters. The van der Waals surface area contributed by atoms with E-state index >= 15 is 0 Å². The van der Waals surface area contributed by atoms with Crippen LogP contribution >= 0.6 is 0 Å². The van der Waals surface area contributed by atoms with E-state index in [-0.39, 0.29) is 13.2 Å². The largest absolute Gasteiger partial charge is 0.391 e. The molecule has 4 heteroatoms. The molecule has 4 nitrogen and oxygen atoms in total. The second-order valence-corrected chi connectivity index (χ2v) is 6.80. The number of hydrogen-bond donors (Lipinski definition) is 1. The highest BCUT2D eigenvalue weighted by Crippen LogP contribution is 2.40. The normalized spacial score (nSPS) is 12.6. The van der Waals surface area contributed by atoms with Gasteiger partial charge in [0, 0.05) is 0 Å². The molecule has 3 aromatic rings. The summed E-state index contributed by atoms with van der Waals surface area (Å²) in [5.41, 5.74) is 2.36. The minimum atomic E-state index is -0.768. The zero-order valence-electron chi connectivity index (χ0n) is 16.7. The average molecular weight is 392 g/mol. The van der Waals surface area contributed by atoms with E-state index in [9.17, 15) is 5.11 Å². The lowest BCUT2D eigenvalue weighted by Crippen LogP contribution is -2.34. The fraction of sp³-hybridized carbons (Fsp3) is 0.280. The highest BCUT2D eigenvalue weighted by atomic mass is 17.2. The Morgan fingerprint density at radius 2 is 1.14 bits per heavy atom. The van der Waals surface area contributed by atoms with Crippen molar-refractivity contribution in [2.75, 3.05) is 19.8 Å². The van der Waals surface area contributed by atoms with Crippen LogP contribution in [0.2, 0.25) is 0 Å². The maximum atomic E-state index is 9.55. The third-order valence-corrected chi connectivity index (χ3v) is 4.84. The second kappa shape index (κ2) is 10.9. The molecule has 0 fully saturated rings. The van der Waals surface area contributed by atoms with Gasteiger partial charge in [-0.1, -0.05) is 97.9 Å². The lowest BCUT2D eigenvalue weighted by Gasteiger charge is -2.35. The van der Waals surface area contributed by atoms with Crippen molar-refractivity contribution in [1.82, 2.24) is 0 Å². The summed E-state index contributed by atoms with van der Waals surface area (Å²) in [6.45, 7) is 2.62. The van der Waals surface area contributed by atoms with E-state index in [0.29, 0.717) is 13.0 Å². The smallest absolute Gasteiger partial charge is 0.143 e. The SMILES string of the molecule is CCC(O)COOCCOC(c1ccccc1)(c1ccccc1)c1ccccc1. The van der Waals surface area contributed by atoms with Crippen molar-refractivity contribution in [2.45, 2.75) is 25.0 Å². The molecule has 0 radical (unpaired) electrons. The van der Waals surface area contributed by atoms with E-state index in [4.69, 9.17) is 14.5 Å². The first-order chi connectivity index (χ1) is 14.3. The summed E-state index contributed by atoms with van der Waals surface area (Å²) in [4.78, 5) is 10.3. The molecule has 0 saturated carbocycles. The van der Waals surface area contributed by atoms with Gasteiger partial charge in [-0.15, -0.1) is 0 Å². The summed E-state index contributed by atoms with van der Waals surface area (Å²) in [5, 5.41) is 9.55. The highest BCUT2D eigenvalue weighted by molar-refractivity contribution is 5.47. The molecular formula is C25H28O4. The first-order valence-electron chi connectivity index (χ1n) is 10.0. The molecule has 0 aromatic heterocycles. The Balaban J connectivity index is 1.87. The Morgan fingerprint density at radius 1 is 0.690 bits per heavy atom. The standard InChI is InChI=1S/C25H28O4/c1-2-24(26)20-29-28-19-18-27-25(21-12-6-3-7-13-21,22-14-8-4-9-15-22)23-16-10-5-11-17-23/h3-17,24,26H,2,18-20H2,1H3. The van der Waals surface area contributed by atoms with Gasteiger partial charge in [0.15, 0.2) is 0 Å². The predicted octanol–water partition coefficient (Wildman–Crippen LogP) is 4.71. The zero-order valence-corrected chi connectivity index (χ0v) is 16.7. The summed E-state index contributed by atoms with van der Waals surface area (Å²) >= 11 is 0. The monoisotopic (exact) mass is 392 g/mol. The molecule has 0 aliphatic rings. The minimum Gasteiger partial charge on any atom is -0.391 e. The van der Waals surface area contributed by atoms with Gasteiger partial charge in [-0.25, -0.2) is 9.78 Å². The van der Waals surface area contributed by atoms with Crippen LogP contribution in [0.15, 0.2) is 91.0 Å². The Bertz CT molecular complexity index is 725. The van der Waals surface area contributed by atoms with Gasteiger partial charge < -0.3 is 9.84 Å². The summed E-state index contributed by atoms with van der Waals surface area (Å²) < 4.78 is 6.55. The van der Waals surface area contributed by atoms with Crippen molar-refractivity contribution in [2.24, 2.45) is 0 Å². The van der Waals surface area contributed by atoms with E-state index < -0.39 is 11.7 Å². The third kappa shape index (κ3) is 5.31. The maximum Gasteiger partial charge on any atom is 0.143 e. The number of rotatable bonds is 11. The van der Waals surface area contributed by atoms with Gasteiger partial charge in [-0.2, -0.15) is 0 Å². The molecule has 152 valence electrons. The van der Waals surface area contributed by atoms with Crippen LogP contribution in [0, 0.1) is 0 Å². The van der Waals surface area contributed by atoms with E-state index in [2.05, 4.69) is 36.4 Å². The van der Waals surface area contributed by atoms with Crippen LogP contribution in [0.3, 0.4) is 0 Å². The van der Waals surface area contributed by atoms with Crippen molar-refractivity contribution in [3.8, 4) is 0 Å². The van der Waals surface area contributed by atoms with Gasteiger partial charge in [-0.05, 0) is 23.1 Å². The fourth-order valence-electron chi connectivity index (χ4n) is 3.30.